The van der Waals surface area contributed by atoms with Gasteiger partial charge in [0.15, 0.2) is 5.16 Å². The Labute approximate surface area is 150 Å². The van der Waals surface area contributed by atoms with Gasteiger partial charge in [-0.05, 0) is 27.2 Å². The maximum Gasteiger partial charge on any atom is 0.211 e. The highest BCUT2D eigenvalue weighted by Crippen LogP contribution is 2.34. The Morgan fingerprint density at radius 3 is 2.92 bits per heavy atom. The van der Waals surface area contributed by atoms with Gasteiger partial charge in [0.25, 0.3) is 0 Å². The van der Waals surface area contributed by atoms with Crippen LogP contribution in [0.2, 0.25) is 0 Å². The molecule has 0 amide bonds. The fraction of sp³-hybridized carbons (Fsp3) is 0.556. The van der Waals surface area contributed by atoms with E-state index in [4.69, 9.17) is 9.72 Å². The molecule has 0 saturated heterocycles. The molecule has 1 aliphatic rings. The van der Waals surface area contributed by atoms with Crippen molar-refractivity contribution in [3.8, 4) is 0 Å². The fourth-order valence-corrected chi connectivity index (χ4v) is 4.91. The van der Waals surface area contributed by atoms with Crippen molar-refractivity contribution < 1.29 is 4.74 Å². The summed E-state index contributed by atoms with van der Waals surface area (Å²) in [5, 5.41) is 0.922. The second kappa shape index (κ2) is 6.65. The van der Waals surface area contributed by atoms with E-state index in [9.17, 15) is 4.79 Å². The number of ether oxygens (including phenoxy) is 1. The van der Waals surface area contributed by atoms with E-state index in [1.165, 1.54) is 0 Å². The van der Waals surface area contributed by atoms with Crippen LogP contribution in [0.5, 0.6) is 0 Å². The maximum absolute atomic E-state index is 13.0. The average Bonchev–Trinajstić information content (AvgIpc) is 2.83. The summed E-state index contributed by atoms with van der Waals surface area (Å²) in [4.78, 5) is 19.7. The summed E-state index contributed by atoms with van der Waals surface area (Å²) in [7, 11) is 0. The molecule has 3 heterocycles. The van der Waals surface area contributed by atoms with Crippen molar-refractivity contribution in [3.05, 3.63) is 32.8 Å². The first-order valence-corrected chi connectivity index (χ1v) is 10.1. The molecule has 0 spiro atoms. The van der Waals surface area contributed by atoms with Crippen molar-refractivity contribution in [2.24, 2.45) is 0 Å². The van der Waals surface area contributed by atoms with Crippen molar-refractivity contribution in [2.45, 2.75) is 64.4 Å². The lowest BCUT2D eigenvalue weighted by Crippen LogP contribution is -2.34. The number of allylic oxidation sites excluding steroid dienone is 1. The number of thioether (sulfide) groups is 1. The minimum atomic E-state index is -0.285. The van der Waals surface area contributed by atoms with Gasteiger partial charge in [-0.25, -0.2) is 4.98 Å². The molecule has 0 saturated carbocycles. The molecule has 130 valence electrons. The van der Waals surface area contributed by atoms with Gasteiger partial charge in [0, 0.05) is 29.2 Å². The molecule has 0 N–H and O–H groups in total. The Hall–Kier alpha value is -1.11. The fourth-order valence-electron chi connectivity index (χ4n) is 2.86. The summed E-state index contributed by atoms with van der Waals surface area (Å²) in [5.41, 5.74) is 2.34. The lowest BCUT2D eigenvalue weighted by Gasteiger charge is -2.30. The zero-order valence-electron chi connectivity index (χ0n) is 14.8. The molecule has 24 heavy (non-hydrogen) atoms. The summed E-state index contributed by atoms with van der Waals surface area (Å²) in [6, 6.07) is 0. The van der Waals surface area contributed by atoms with E-state index in [2.05, 4.69) is 18.1 Å². The Kier molecular flexibility index (Phi) is 4.91. The predicted octanol–water partition coefficient (Wildman–Crippen LogP) is 4.39. The van der Waals surface area contributed by atoms with Gasteiger partial charge in [0.05, 0.1) is 12.2 Å². The molecule has 6 heteroatoms. The Bertz CT molecular complexity index is 849. The molecule has 0 bridgehead atoms. The summed E-state index contributed by atoms with van der Waals surface area (Å²) in [6.45, 7) is 13.5. The monoisotopic (exact) mass is 364 g/mol. The molecule has 0 fully saturated rings. The van der Waals surface area contributed by atoms with Crippen molar-refractivity contribution in [1.82, 2.24) is 9.55 Å². The SMILES string of the molecule is C=C(C)Cn1c(SCCC)nc2c(=O)c3c(sc21)COC(C)(C)C3. The maximum atomic E-state index is 13.0. The van der Waals surface area contributed by atoms with E-state index < -0.39 is 0 Å². The van der Waals surface area contributed by atoms with Crippen LogP contribution in [-0.2, 0) is 24.3 Å². The Morgan fingerprint density at radius 2 is 2.25 bits per heavy atom. The molecule has 1 aliphatic heterocycles. The van der Waals surface area contributed by atoms with Gasteiger partial charge in [0.1, 0.15) is 10.3 Å². The van der Waals surface area contributed by atoms with E-state index in [1.54, 1.807) is 23.1 Å². The number of nitrogens with zero attached hydrogens (tertiary/aromatic N) is 2. The minimum Gasteiger partial charge on any atom is -0.370 e. The third-order valence-electron chi connectivity index (χ3n) is 3.99. The highest BCUT2D eigenvalue weighted by molar-refractivity contribution is 7.99. The lowest BCUT2D eigenvalue weighted by atomic mass is 9.96. The molecule has 2 aromatic rings. The average molecular weight is 365 g/mol. The highest BCUT2D eigenvalue weighted by Gasteiger charge is 2.30. The second-order valence-corrected chi connectivity index (χ2v) is 9.14. The van der Waals surface area contributed by atoms with Gasteiger partial charge >= 0.3 is 0 Å². The number of imidazole rings is 1. The topological polar surface area (TPSA) is 44.1 Å². The summed E-state index contributed by atoms with van der Waals surface area (Å²) >= 11 is 3.36. The van der Waals surface area contributed by atoms with E-state index in [1.807, 2.05) is 20.8 Å². The van der Waals surface area contributed by atoms with Gasteiger partial charge in [-0.3, -0.25) is 4.79 Å². The summed E-state index contributed by atoms with van der Waals surface area (Å²) in [6.07, 6.45) is 1.73. The van der Waals surface area contributed by atoms with Crippen molar-refractivity contribution in [3.63, 3.8) is 0 Å². The standard InChI is InChI=1S/C18H24N2O2S2/c1-6-7-23-17-19-14-15(21)12-8-18(4,5)22-10-13(12)24-16(14)20(17)9-11(2)3/h2,6-10H2,1,3-5H3. The normalized spacial score (nSPS) is 16.3. The van der Waals surface area contributed by atoms with Gasteiger partial charge in [0.2, 0.25) is 5.43 Å². The number of hydrogen-bond acceptors (Lipinski definition) is 5. The third-order valence-corrected chi connectivity index (χ3v) is 6.39. The minimum absolute atomic E-state index is 0.0777. The van der Waals surface area contributed by atoms with Gasteiger partial charge in [-0.2, -0.15) is 0 Å². The first kappa shape index (κ1) is 17.7. The van der Waals surface area contributed by atoms with Crippen LogP contribution in [0.25, 0.3) is 10.3 Å². The zero-order chi connectivity index (χ0) is 17.5. The number of fused-ring (bicyclic) bond motifs is 2. The summed E-state index contributed by atoms with van der Waals surface area (Å²) in [5.74, 6) is 0.994. The number of aromatic nitrogens is 2. The Morgan fingerprint density at radius 1 is 1.50 bits per heavy atom. The molecule has 0 aliphatic carbocycles. The molecule has 0 atom stereocenters. The van der Waals surface area contributed by atoms with Crippen LogP contribution in [-0.4, -0.2) is 20.9 Å². The van der Waals surface area contributed by atoms with Crippen molar-refractivity contribution >= 4 is 33.4 Å². The van der Waals surface area contributed by atoms with Crippen molar-refractivity contribution in [1.29, 1.82) is 0 Å². The summed E-state index contributed by atoms with van der Waals surface area (Å²) < 4.78 is 8.05. The van der Waals surface area contributed by atoms with Crippen molar-refractivity contribution in [2.75, 3.05) is 5.75 Å². The third kappa shape index (κ3) is 3.32. The molecule has 4 nitrogen and oxygen atoms in total. The number of rotatable bonds is 5. The van der Waals surface area contributed by atoms with E-state index >= 15 is 0 Å². The van der Waals surface area contributed by atoms with Gasteiger partial charge < -0.3 is 9.30 Å². The first-order valence-electron chi connectivity index (χ1n) is 8.28. The predicted molar refractivity (Wildman–Crippen MR) is 102 cm³/mol. The lowest BCUT2D eigenvalue weighted by molar-refractivity contribution is -0.0386. The molecular formula is C18H24N2O2S2. The van der Waals surface area contributed by atoms with Crippen LogP contribution in [0.4, 0.5) is 0 Å². The number of hydrogen-bond donors (Lipinski definition) is 0. The quantitative estimate of drug-likeness (QED) is 0.583. The van der Waals surface area contributed by atoms with Crippen LogP contribution < -0.4 is 5.43 Å². The first-order chi connectivity index (χ1) is 11.3. The van der Waals surface area contributed by atoms with Gasteiger partial charge in [-0.15, -0.1) is 11.3 Å². The Balaban J connectivity index is 2.19. The van der Waals surface area contributed by atoms with Crippen LogP contribution in [0, 0.1) is 0 Å². The van der Waals surface area contributed by atoms with E-state index in [0.29, 0.717) is 25.1 Å². The molecule has 3 rings (SSSR count). The highest BCUT2D eigenvalue weighted by atomic mass is 32.2. The van der Waals surface area contributed by atoms with Crippen LogP contribution >= 0.6 is 23.1 Å². The van der Waals surface area contributed by atoms with E-state index in [-0.39, 0.29) is 11.0 Å². The van der Waals surface area contributed by atoms with Crippen LogP contribution in [0.15, 0.2) is 22.1 Å². The molecule has 0 aromatic carbocycles. The van der Waals surface area contributed by atoms with E-state index in [0.717, 1.165) is 38.2 Å². The van der Waals surface area contributed by atoms with Gasteiger partial charge in [-0.1, -0.05) is 30.8 Å². The smallest absolute Gasteiger partial charge is 0.211 e. The van der Waals surface area contributed by atoms with Crippen LogP contribution in [0.3, 0.4) is 0 Å². The molecule has 0 radical (unpaired) electrons. The molecule has 2 aromatic heterocycles. The largest absolute Gasteiger partial charge is 0.370 e. The molecule has 0 unspecified atom stereocenters. The second-order valence-electron chi connectivity index (χ2n) is 7.00. The molecular weight excluding hydrogens is 340 g/mol. The van der Waals surface area contributed by atoms with Crippen LogP contribution in [0.1, 0.15) is 44.6 Å². The zero-order valence-corrected chi connectivity index (χ0v) is 16.4.